The van der Waals surface area contributed by atoms with Crippen LogP contribution in [0.25, 0.3) is 0 Å². The molecule has 0 aliphatic rings. The summed E-state index contributed by atoms with van der Waals surface area (Å²) >= 11 is 6.16. The van der Waals surface area contributed by atoms with Gasteiger partial charge in [0.05, 0.1) is 18.2 Å². The quantitative estimate of drug-likeness (QED) is 0.916. The van der Waals surface area contributed by atoms with Gasteiger partial charge in [0.2, 0.25) is 0 Å². The molecule has 0 radical (unpaired) electrons. The normalized spacial score (nSPS) is 12.2. The maximum atomic E-state index is 13.4. The zero-order chi connectivity index (χ0) is 14.7. The molecule has 0 spiro atoms. The van der Waals surface area contributed by atoms with Crippen molar-refractivity contribution in [2.45, 2.75) is 13.0 Å². The molecule has 0 fully saturated rings. The monoisotopic (exact) mass is 293 g/mol. The largest absolute Gasteiger partial charge is 0.495 e. The average Bonchev–Trinajstić information content (AvgIpc) is 2.44. The highest BCUT2D eigenvalue weighted by molar-refractivity contribution is 6.32. The first-order valence-electron chi connectivity index (χ1n) is 6.33. The first kappa shape index (κ1) is 14.8. The van der Waals surface area contributed by atoms with Crippen LogP contribution in [0.5, 0.6) is 5.75 Å². The van der Waals surface area contributed by atoms with Crippen molar-refractivity contribution in [3.8, 4) is 5.75 Å². The standard InChI is InChI=1S/C16H17ClFNO/c1-10-8-11(4-6-14(10)18)16(19-2)12-5-7-15(20-3)13(17)9-12/h4-9,16,19H,1-3H3. The number of rotatable bonds is 4. The topological polar surface area (TPSA) is 21.3 Å². The lowest BCUT2D eigenvalue weighted by molar-refractivity contribution is 0.414. The number of nitrogens with one attached hydrogen (secondary N) is 1. The van der Waals surface area contributed by atoms with Crippen molar-refractivity contribution in [3.63, 3.8) is 0 Å². The predicted molar refractivity (Wildman–Crippen MR) is 80.0 cm³/mol. The van der Waals surface area contributed by atoms with Crippen LogP contribution in [0, 0.1) is 12.7 Å². The van der Waals surface area contributed by atoms with Crippen LogP contribution in [0.15, 0.2) is 36.4 Å². The summed E-state index contributed by atoms with van der Waals surface area (Å²) in [6.45, 7) is 1.76. The van der Waals surface area contributed by atoms with Crippen molar-refractivity contribution in [3.05, 3.63) is 63.9 Å². The Morgan fingerprint density at radius 1 is 1.15 bits per heavy atom. The molecule has 0 saturated heterocycles. The van der Waals surface area contributed by atoms with E-state index >= 15 is 0 Å². The highest BCUT2D eigenvalue weighted by Gasteiger charge is 2.14. The molecule has 0 heterocycles. The molecule has 2 nitrogen and oxygen atoms in total. The van der Waals surface area contributed by atoms with Gasteiger partial charge in [0, 0.05) is 0 Å². The number of methoxy groups -OCH3 is 1. The number of halogens is 2. The summed E-state index contributed by atoms with van der Waals surface area (Å²) in [5, 5.41) is 3.78. The summed E-state index contributed by atoms with van der Waals surface area (Å²) in [4.78, 5) is 0. The molecule has 106 valence electrons. The molecule has 20 heavy (non-hydrogen) atoms. The first-order valence-corrected chi connectivity index (χ1v) is 6.71. The van der Waals surface area contributed by atoms with E-state index in [2.05, 4.69) is 5.32 Å². The Bertz CT molecular complexity index is 615. The van der Waals surface area contributed by atoms with Crippen LogP contribution in [0.1, 0.15) is 22.7 Å². The van der Waals surface area contributed by atoms with E-state index in [-0.39, 0.29) is 11.9 Å². The van der Waals surface area contributed by atoms with Gasteiger partial charge in [-0.1, -0.05) is 29.8 Å². The second-order valence-electron chi connectivity index (χ2n) is 4.62. The van der Waals surface area contributed by atoms with Gasteiger partial charge in [0.15, 0.2) is 0 Å². The number of hydrogen-bond acceptors (Lipinski definition) is 2. The highest BCUT2D eigenvalue weighted by Crippen LogP contribution is 2.30. The summed E-state index contributed by atoms with van der Waals surface area (Å²) in [6.07, 6.45) is 0. The van der Waals surface area contributed by atoms with Gasteiger partial charge in [0.1, 0.15) is 11.6 Å². The molecule has 1 unspecified atom stereocenters. The van der Waals surface area contributed by atoms with E-state index in [1.165, 1.54) is 6.07 Å². The van der Waals surface area contributed by atoms with Gasteiger partial charge in [-0.25, -0.2) is 4.39 Å². The lowest BCUT2D eigenvalue weighted by Gasteiger charge is -2.19. The third-order valence-corrected chi connectivity index (χ3v) is 3.61. The average molecular weight is 294 g/mol. The van der Waals surface area contributed by atoms with Crippen LogP contribution in [-0.4, -0.2) is 14.2 Å². The van der Waals surface area contributed by atoms with Crippen LogP contribution in [0.4, 0.5) is 4.39 Å². The summed E-state index contributed by atoms with van der Waals surface area (Å²) in [7, 11) is 3.45. The minimum atomic E-state index is -0.198. The van der Waals surface area contributed by atoms with Gasteiger partial charge < -0.3 is 10.1 Å². The molecule has 0 aromatic heterocycles. The van der Waals surface area contributed by atoms with E-state index in [4.69, 9.17) is 16.3 Å². The Labute approximate surface area is 123 Å². The van der Waals surface area contributed by atoms with Crippen molar-refractivity contribution in [1.29, 1.82) is 0 Å². The summed E-state index contributed by atoms with van der Waals surface area (Å²) < 4.78 is 18.5. The minimum absolute atomic E-state index is 0.0438. The summed E-state index contributed by atoms with van der Waals surface area (Å²) in [5.74, 6) is 0.442. The van der Waals surface area contributed by atoms with Crippen LogP contribution in [0.3, 0.4) is 0 Å². The molecule has 0 aliphatic carbocycles. The molecular formula is C16H17ClFNO. The molecular weight excluding hydrogens is 277 g/mol. The Kier molecular flexibility index (Phi) is 4.63. The Balaban J connectivity index is 2.41. The summed E-state index contributed by atoms with van der Waals surface area (Å²) in [6, 6.07) is 10.7. The molecule has 0 bridgehead atoms. The molecule has 2 aromatic rings. The van der Waals surface area contributed by atoms with Gasteiger partial charge in [-0.05, 0) is 48.9 Å². The fourth-order valence-corrected chi connectivity index (χ4v) is 2.50. The van der Waals surface area contributed by atoms with E-state index in [0.29, 0.717) is 16.3 Å². The molecule has 4 heteroatoms. The third kappa shape index (κ3) is 2.94. The molecule has 0 aliphatic heterocycles. The zero-order valence-electron chi connectivity index (χ0n) is 11.7. The molecule has 0 saturated carbocycles. The second kappa shape index (κ2) is 6.25. The molecule has 1 atom stereocenters. The van der Waals surface area contributed by atoms with Crippen molar-refractivity contribution in [2.75, 3.05) is 14.2 Å². The van der Waals surface area contributed by atoms with Crippen molar-refractivity contribution < 1.29 is 9.13 Å². The van der Waals surface area contributed by atoms with Crippen LogP contribution >= 0.6 is 11.6 Å². The van der Waals surface area contributed by atoms with Crippen LogP contribution < -0.4 is 10.1 Å². The lowest BCUT2D eigenvalue weighted by atomic mass is 9.97. The van der Waals surface area contributed by atoms with Gasteiger partial charge >= 0.3 is 0 Å². The zero-order valence-corrected chi connectivity index (χ0v) is 12.5. The molecule has 0 amide bonds. The van der Waals surface area contributed by atoms with Gasteiger partial charge in [-0.2, -0.15) is 0 Å². The van der Waals surface area contributed by atoms with Gasteiger partial charge in [-0.3, -0.25) is 0 Å². The molecule has 1 N–H and O–H groups in total. The van der Waals surface area contributed by atoms with E-state index < -0.39 is 0 Å². The molecule has 2 aromatic carbocycles. The fourth-order valence-electron chi connectivity index (χ4n) is 2.24. The maximum Gasteiger partial charge on any atom is 0.137 e. The predicted octanol–water partition coefficient (Wildman–Crippen LogP) is 4.10. The van der Waals surface area contributed by atoms with Crippen molar-refractivity contribution in [2.24, 2.45) is 0 Å². The van der Waals surface area contributed by atoms with E-state index in [1.807, 2.05) is 31.3 Å². The van der Waals surface area contributed by atoms with E-state index in [1.54, 1.807) is 20.1 Å². The van der Waals surface area contributed by atoms with Gasteiger partial charge in [-0.15, -0.1) is 0 Å². The van der Waals surface area contributed by atoms with Crippen molar-refractivity contribution >= 4 is 11.6 Å². The van der Waals surface area contributed by atoms with Crippen molar-refractivity contribution in [1.82, 2.24) is 5.32 Å². The third-order valence-electron chi connectivity index (χ3n) is 3.31. The Morgan fingerprint density at radius 2 is 1.80 bits per heavy atom. The number of aryl methyl sites for hydroxylation is 1. The number of ether oxygens (including phenoxy) is 1. The van der Waals surface area contributed by atoms with E-state index in [9.17, 15) is 4.39 Å². The SMILES string of the molecule is CNC(c1ccc(F)c(C)c1)c1ccc(OC)c(Cl)c1. The van der Waals surface area contributed by atoms with Gasteiger partial charge in [0.25, 0.3) is 0 Å². The fraction of sp³-hybridized carbons (Fsp3) is 0.250. The Hall–Kier alpha value is -1.58. The first-order chi connectivity index (χ1) is 9.56. The molecule has 2 rings (SSSR count). The lowest BCUT2D eigenvalue weighted by Crippen LogP contribution is -2.18. The summed E-state index contributed by atoms with van der Waals surface area (Å²) in [5.41, 5.74) is 2.62. The maximum absolute atomic E-state index is 13.4. The smallest absolute Gasteiger partial charge is 0.137 e. The van der Waals surface area contributed by atoms with Crippen LogP contribution in [0.2, 0.25) is 5.02 Å². The minimum Gasteiger partial charge on any atom is -0.495 e. The number of hydrogen-bond donors (Lipinski definition) is 1. The van der Waals surface area contributed by atoms with Crippen LogP contribution in [-0.2, 0) is 0 Å². The second-order valence-corrected chi connectivity index (χ2v) is 5.03. The Morgan fingerprint density at radius 3 is 2.35 bits per heavy atom. The highest BCUT2D eigenvalue weighted by atomic mass is 35.5. The van der Waals surface area contributed by atoms with E-state index in [0.717, 1.165) is 11.1 Å². The number of benzene rings is 2.